The van der Waals surface area contributed by atoms with E-state index in [9.17, 15) is 8.42 Å². The highest BCUT2D eigenvalue weighted by Gasteiger charge is 2.42. The first-order chi connectivity index (χ1) is 8.07. The van der Waals surface area contributed by atoms with E-state index in [1.807, 2.05) is 0 Å². The summed E-state index contributed by atoms with van der Waals surface area (Å²) in [6, 6.07) is 0. The van der Waals surface area contributed by atoms with Crippen LogP contribution in [-0.4, -0.2) is 48.5 Å². The predicted octanol–water partition coefficient (Wildman–Crippen LogP) is -0.740. The molecule has 7 heteroatoms. The minimum Gasteiger partial charge on any atom is -0.339 e. The Morgan fingerprint density at radius 1 is 1.35 bits per heavy atom. The molecule has 0 amide bonds. The van der Waals surface area contributed by atoms with Crippen LogP contribution in [0.15, 0.2) is 17.6 Å². The monoisotopic (exact) mass is 256 g/mol. The van der Waals surface area contributed by atoms with E-state index in [4.69, 9.17) is 0 Å². The van der Waals surface area contributed by atoms with E-state index in [0.717, 1.165) is 13.1 Å². The molecule has 1 aromatic rings. The molecule has 2 saturated heterocycles. The van der Waals surface area contributed by atoms with Crippen LogP contribution in [0.5, 0.6) is 0 Å². The van der Waals surface area contributed by atoms with Crippen molar-refractivity contribution < 1.29 is 8.42 Å². The third-order valence-electron chi connectivity index (χ3n) is 3.64. The van der Waals surface area contributed by atoms with Crippen LogP contribution >= 0.6 is 0 Å². The Balaban J connectivity index is 1.85. The van der Waals surface area contributed by atoms with Gasteiger partial charge in [0.1, 0.15) is 0 Å². The highest BCUT2D eigenvalue weighted by molar-refractivity contribution is 7.89. The number of rotatable bonds is 2. The van der Waals surface area contributed by atoms with Gasteiger partial charge >= 0.3 is 0 Å². The van der Waals surface area contributed by atoms with Crippen LogP contribution in [0.25, 0.3) is 0 Å². The van der Waals surface area contributed by atoms with Crippen LogP contribution in [-0.2, 0) is 17.1 Å². The number of imidazole rings is 1. The molecule has 3 rings (SSSR count). The van der Waals surface area contributed by atoms with Gasteiger partial charge in [-0.15, -0.1) is 0 Å². The Labute approximate surface area is 101 Å². The highest BCUT2D eigenvalue weighted by Crippen LogP contribution is 2.30. The lowest BCUT2D eigenvalue weighted by Gasteiger charge is -2.15. The summed E-state index contributed by atoms with van der Waals surface area (Å²) in [7, 11) is -1.61. The van der Waals surface area contributed by atoms with Crippen molar-refractivity contribution in [2.45, 2.75) is 5.03 Å². The zero-order valence-electron chi connectivity index (χ0n) is 9.70. The second kappa shape index (κ2) is 3.79. The van der Waals surface area contributed by atoms with Crippen LogP contribution in [0.2, 0.25) is 0 Å². The van der Waals surface area contributed by atoms with Gasteiger partial charge in [0.2, 0.25) is 0 Å². The standard InChI is InChI=1S/C10H16N4O2S/c1-13-6-10(12-7-13)17(15,16)14-4-8-2-11-3-9(8)5-14/h6-9,11H,2-5H2,1H3. The first-order valence-electron chi connectivity index (χ1n) is 5.76. The van der Waals surface area contributed by atoms with Crippen LogP contribution in [0.1, 0.15) is 0 Å². The molecule has 3 heterocycles. The fourth-order valence-electron chi connectivity index (χ4n) is 2.66. The van der Waals surface area contributed by atoms with Crippen LogP contribution in [0.3, 0.4) is 0 Å². The normalized spacial score (nSPS) is 29.7. The van der Waals surface area contributed by atoms with E-state index in [1.54, 1.807) is 22.1 Å². The summed E-state index contributed by atoms with van der Waals surface area (Å²) in [6.45, 7) is 3.10. The largest absolute Gasteiger partial charge is 0.339 e. The van der Waals surface area contributed by atoms with Crippen molar-refractivity contribution in [3.05, 3.63) is 12.5 Å². The molecule has 0 aromatic carbocycles. The highest BCUT2D eigenvalue weighted by atomic mass is 32.2. The molecule has 0 spiro atoms. The Morgan fingerprint density at radius 2 is 2.00 bits per heavy atom. The van der Waals surface area contributed by atoms with Crippen LogP contribution in [0, 0.1) is 11.8 Å². The Hall–Kier alpha value is -0.920. The van der Waals surface area contributed by atoms with E-state index in [0.29, 0.717) is 24.9 Å². The van der Waals surface area contributed by atoms with Gasteiger partial charge in [-0.3, -0.25) is 0 Å². The molecule has 0 bridgehead atoms. The number of fused-ring (bicyclic) bond motifs is 1. The second-order valence-electron chi connectivity index (χ2n) is 4.88. The maximum atomic E-state index is 12.3. The Kier molecular flexibility index (Phi) is 2.49. The number of aryl methyl sites for hydroxylation is 1. The summed E-state index contributed by atoms with van der Waals surface area (Å²) in [4.78, 5) is 3.94. The smallest absolute Gasteiger partial charge is 0.262 e. The molecule has 6 nitrogen and oxygen atoms in total. The summed E-state index contributed by atoms with van der Waals surface area (Å²) < 4.78 is 27.9. The van der Waals surface area contributed by atoms with Gasteiger partial charge in [-0.25, -0.2) is 13.4 Å². The van der Waals surface area contributed by atoms with Crippen molar-refractivity contribution >= 4 is 10.0 Å². The topological polar surface area (TPSA) is 67.2 Å². The van der Waals surface area contributed by atoms with Crippen molar-refractivity contribution in [3.8, 4) is 0 Å². The van der Waals surface area contributed by atoms with Gasteiger partial charge < -0.3 is 9.88 Å². The zero-order valence-corrected chi connectivity index (χ0v) is 10.5. The molecule has 2 fully saturated rings. The molecule has 1 aromatic heterocycles. The number of hydrogen-bond acceptors (Lipinski definition) is 4. The fraction of sp³-hybridized carbons (Fsp3) is 0.700. The van der Waals surface area contributed by atoms with Crippen LogP contribution < -0.4 is 5.32 Å². The summed E-state index contributed by atoms with van der Waals surface area (Å²) in [5, 5.41) is 3.46. The minimum absolute atomic E-state index is 0.160. The third kappa shape index (κ3) is 1.78. The number of hydrogen-bond donors (Lipinski definition) is 1. The van der Waals surface area contributed by atoms with Gasteiger partial charge in [0.15, 0.2) is 5.03 Å². The first-order valence-corrected chi connectivity index (χ1v) is 7.20. The lowest BCUT2D eigenvalue weighted by atomic mass is 10.0. The number of aromatic nitrogens is 2. The molecule has 17 heavy (non-hydrogen) atoms. The minimum atomic E-state index is -3.39. The Bertz CT molecular complexity index is 512. The van der Waals surface area contributed by atoms with E-state index in [1.165, 1.54) is 6.33 Å². The van der Waals surface area contributed by atoms with Gasteiger partial charge in [0.05, 0.1) is 6.33 Å². The molecule has 0 aliphatic carbocycles. The maximum Gasteiger partial charge on any atom is 0.262 e. The molecule has 94 valence electrons. The lowest BCUT2D eigenvalue weighted by molar-refractivity contribution is 0.446. The van der Waals surface area contributed by atoms with Gasteiger partial charge in [0, 0.05) is 26.3 Å². The van der Waals surface area contributed by atoms with Gasteiger partial charge in [-0.05, 0) is 24.9 Å². The zero-order chi connectivity index (χ0) is 12.0. The van der Waals surface area contributed by atoms with E-state index < -0.39 is 10.0 Å². The molecule has 0 saturated carbocycles. The molecular weight excluding hydrogens is 240 g/mol. The van der Waals surface area contributed by atoms with Crippen molar-refractivity contribution in [1.82, 2.24) is 19.2 Å². The molecule has 2 atom stereocenters. The molecule has 0 radical (unpaired) electrons. The summed E-state index contributed by atoms with van der Waals surface area (Å²) in [5.41, 5.74) is 0. The molecule has 2 aliphatic heterocycles. The fourth-order valence-corrected chi connectivity index (χ4v) is 4.18. The van der Waals surface area contributed by atoms with Crippen molar-refractivity contribution in [2.75, 3.05) is 26.2 Å². The average molecular weight is 256 g/mol. The second-order valence-corrected chi connectivity index (χ2v) is 6.76. The molecule has 2 unspecified atom stereocenters. The van der Waals surface area contributed by atoms with Crippen LogP contribution in [0.4, 0.5) is 0 Å². The predicted molar refractivity (Wildman–Crippen MR) is 61.8 cm³/mol. The van der Waals surface area contributed by atoms with Crippen molar-refractivity contribution in [1.29, 1.82) is 0 Å². The van der Waals surface area contributed by atoms with E-state index in [-0.39, 0.29) is 5.03 Å². The van der Waals surface area contributed by atoms with Crippen molar-refractivity contribution in [2.24, 2.45) is 18.9 Å². The third-order valence-corrected chi connectivity index (χ3v) is 5.36. The van der Waals surface area contributed by atoms with E-state index in [2.05, 4.69) is 10.3 Å². The van der Waals surface area contributed by atoms with Gasteiger partial charge in [-0.2, -0.15) is 4.31 Å². The first kappa shape index (κ1) is 11.2. The summed E-state index contributed by atoms with van der Waals surface area (Å²) >= 11 is 0. The number of nitrogens with zero attached hydrogens (tertiary/aromatic N) is 3. The lowest BCUT2D eigenvalue weighted by Crippen LogP contribution is -2.32. The SMILES string of the molecule is Cn1cnc(S(=O)(=O)N2CC3CNCC3C2)c1. The van der Waals surface area contributed by atoms with Gasteiger partial charge in [-0.1, -0.05) is 0 Å². The molecule has 2 aliphatic rings. The maximum absolute atomic E-state index is 12.3. The molecular formula is C10H16N4O2S. The summed E-state index contributed by atoms with van der Waals surface area (Å²) in [6.07, 6.45) is 3.08. The van der Waals surface area contributed by atoms with Gasteiger partial charge in [0.25, 0.3) is 10.0 Å². The average Bonchev–Trinajstić information content (AvgIpc) is 2.89. The summed E-state index contributed by atoms with van der Waals surface area (Å²) in [5.74, 6) is 0.932. The quantitative estimate of drug-likeness (QED) is 0.757. The number of nitrogens with one attached hydrogen (secondary N) is 1. The van der Waals surface area contributed by atoms with Crippen molar-refractivity contribution in [3.63, 3.8) is 0 Å². The number of sulfonamides is 1. The van der Waals surface area contributed by atoms with E-state index >= 15 is 0 Å². The Morgan fingerprint density at radius 3 is 2.53 bits per heavy atom. The molecule has 1 N–H and O–H groups in total.